The Bertz CT molecular complexity index is 1160. The third-order valence-corrected chi connectivity index (χ3v) is 6.11. The molecular weight excluding hydrogens is 437 g/mol. The third-order valence-electron chi connectivity index (χ3n) is 4.34. The summed E-state index contributed by atoms with van der Waals surface area (Å²) in [6.45, 7) is 0. The minimum Gasteiger partial charge on any atom is -0.324 e. The SMILES string of the molecule is O=C(CSc1nc(-c2ccccc2)cn1-c1ccccc1)Nc1cccc(Cl)c1Cl. The fraction of sp³-hybridized carbons (Fsp3) is 0.0435. The second-order valence-electron chi connectivity index (χ2n) is 6.42. The summed E-state index contributed by atoms with van der Waals surface area (Å²) in [6, 6.07) is 25.0. The summed E-state index contributed by atoms with van der Waals surface area (Å²) >= 11 is 13.5. The van der Waals surface area contributed by atoms with E-state index in [1.807, 2.05) is 71.4 Å². The number of aromatic nitrogens is 2. The highest BCUT2D eigenvalue weighted by atomic mass is 35.5. The molecule has 1 heterocycles. The van der Waals surface area contributed by atoms with E-state index < -0.39 is 0 Å². The lowest BCUT2D eigenvalue weighted by Crippen LogP contribution is -2.14. The highest BCUT2D eigenvalue weighted by Gasteiger charge is 2.14. The molecule has 0 unspecified atom stereocenters. The summed E-state index contributed by atoms with van der Waals surface area (Å²) < 4.78 is 1.99. The minimum atomic E-state index is -0.187. The largest absolute Gasteiger partial charge is 0.324 e. The molecule has 0 aliphatic rings. The minimum absolute atomic E-state index is 0.181. The van der Waals surface area contributed by atoms with Crippen molar-refractivity contribution in [3.05, 3.63) is 95.1 Å². The molecular formula is C23H17Cl2N3OS. The van der Waals surface area contributed by atoms with Crippen molar-refractivity contribution in [2.45, 2.75) is 5.16 Å². The summed E-state index contributed by atoms with van der Waals surface area (Å²) in [6.07, 6.45) is 1.98. The lowest BCUT2D eigenvalue weighted by atomic mass is 10.2. The Kier molecular flexibility index (Phi) is 6.43. The van der Waals surface area contributed by atoms with Crippen LogP contribution in [0.25, 0.3) is 16.9 Å². The number of imidazole rings is 1. The van der Waals surface area contributed by atoms with Gasteiger partial charge in [0, 0.05) is 17.4 Å². The molecule has 0 bridgehead atoms. The number of para-hydroxylation sites is 1. The van der Waals surface area contributed by atoms with Gasteiger partial charge in [-0.1, -0.05) is 89.6 Å². The van der Waals surface area contributed by atoms with Crippen LogP contribution >= 0.6 is 35.0 Å². The number of nitrogens with one attached hydrogen (secondary N) is 1. The molecule has 150 valence electrons. The van der Waals surface area contributed by atoms with Crippen LogP contribution in [0.1, 0.15) is 0 Å². The van der Waals surface area contributed by atoms with E-state index in [1.165, 1.54) is 11.8 Å². The number of benzene rings is 3. The Morgan fingerprint density at radius 3 is 2.37 bits per heavy atom. The molecule has 1 aromatic heterocycles. The molecule has 30 heavy (non-hydrogen) atoms. The fourth-order valence-electron chi connectivity index (χ4n) is 2.90. The number of hydrogen-bond donors (Lipinski definition) is 1. The number of thioether (sulfide) groups is 1. The standard InChI is InChI=1S/C23H17Cl2N3OS/c24-18-12-7-13-19(22(18)25)26-21(29)15-30-23-27-20(16-8-3-1-4-9-16)14-28(23)17-10-5-2-6-11-17/h1-14H,15H2,(H,26,29). The van der Waals surface area contributed by atoms with Gasteiger partial charge >= 0.3 is 0 Å². The monoisotopic (exact) mass is 453 g/mol. The lowest BCUT2D eigenvalue weighted by molar-refractivity contribution is -0.113. The van der Waals surface area contributed by atoms with Gasteiger partial charge in [-0.05, 0) is 24.3 Å². The Balaban J connectivity index is 1.56. The maximum Gasteiger partial charge on any atom is 0.234 e. The molecule has 4 nitrogen and oxygen atoms in total. The number of amides is 1. The van der Waals surface area contributed by atoms with E-state index in [1.54, 1.807) is 18.2 Å². The van der Waals surface area contributed by atoms with Crippen LogP contribution in [-0.4, -0.2) is 21.2 Å². The van der Waals surface area contributed by atoms with E-state index in [4.69, 9.17) is 28.2 Å². The van der Waals surface area contributed by atoms with Gasteiger partial charge < -0.3 is 5.32 Å². The maximum absolute atomic E-state index is 12.5. The summed E-state index contributed by atoms with van der Waals surface area (Å²) in [7, 11) is 0. The van der Waals surface area contributed by atoms with E-state index in [-0.39, 0.29) is 11.7 Å². The average Bonchev–Trinajstić information content (AvgIpc) is 3.21. The third kappa shape index (κ3) is 4.70. The average molecular weight is 454 g/mol. The molecule has 7 heteroatoms. The molecule has 4 rings (SSSR count). The predicted molar refractivity (Wildman–Crippen MR) is 125 cm³/mol. The molecule has 0 aliphatic carbocycles. The quantitative estimate of drug-likeness (QED) is 0.335. The Morgan fingerprint density at radius 1 is 0.933 bits per heavy atom. The van der Waals surface area contributed by atoms with E-state index in [2.05, 4.69) is 5.32 Å². The first-order chi connectivity index (χ1) is 14.6. The zero-order valence-corrected chi connectivity index (χ0v) is 18.1. The maximum atomic E-state index is 12.5. The van der Waals surface area contributed by atoms with Crippen molar-refractivity contribution in [2.24, 2.45) is 0 Å². The van der Waals surface area contributed by atoms with Gasteiger partial charge in [0.15, 0.2) is 5.16 Å². The van der Waals surface area contributed by atoms with E-state index in [9.17, 15) is 4.79 Å². The van der Waals surface area contributed by atoms with Crippen molar-refractivity contribution in [3.63, 3.8) is 0 Å². The van der Waals surface area contributed by atoms with Crippen LogP contribution in [0.15, 0.2) is 90.2 Å². The van der Waals surface area contributed by atoms with Crippen molar-refractivity contribution in [2.75, 3.05) is 11.1 Å². The predicted octanol–water partition coefficient (Wildman–Crippen LogP) is 6.58. The van der Waals surface area contributed by atoms with Crippen LogP contribution in [0, 0.1) is 0 Å². The number of hydrogen-bond acceptors (Lipinski definition) is 3. The van der Waals surface area contributed by atoms with Gasteiger partial charge in [0.2, 0.25) is 5.91 Å². The van der Waals surface area contributed by atoms with Gasteiger partial charge in [-0.3, -0.25) is 9.36 Å². The van der Waals surface area contributed by atoms with Crippen LogP contribution in [0.5, 0.6) is 0 Å². The van der Waals surface area contributed by atoms with Crippen LogP contribution in [0.3, 0.4) is 0 Å². The molecule has 0 atom stereocenters. The first-order valence-electron chi connectivity index (χ1n) is 9.19. The molecule has 4 aromatic rings. The summed E-state index contributed by atoms with van der Waals surface area (Å²) in [4.78, 5) is 17.3. The van der Waals surface area contributed by atoms with Gasteiger partial charge in [0.25, 0.3) is 0 Å². The van der Waals surface area contributed by atoms with Crippen molar-refractivity contribution in [3.8, 4) is 16.9 Å². The molecule has 0 radical (unpaired) electrons. The van der Waals surface area contributed by atoms with E-state index >= 15 is 0 Å². The number of carbonyl (C=O) groups is 1. The Labute approximate surface area is 188 Å². The molecule has 3 aromatic carbocycles. The van der Waals surface area contributed by atoms with Crippen molar-refractivity contribution < 1.29 is 4.79 Å². The number of nitrogens with zero attached hydrogens (tertiary/aromatic N) is 2. The van der Waals surface area contributed by atoms with Crippen molar-refractivity contribution >= 4 is 46.6 Å². The van der Waals surface area contributed by atoms with Gasteiger partial charge in [-0.25, -0.2) is 4.98 Å². The number of carbonyl (C=O) groups excluding carboxylic acids is 1. The highest BCUT2D eigenvalue weighted by molar-refractivity contribution is 7.99. The van der Waals surface area contributed by atoms with Crippen LogP contribution in [0.4, 0.5) is 5.69 Å². The summed E-state index contributed by atoms with van der Waals surface area (Å²) in [5, 5.41) is 4.26. The van der Waals surface area contributed by atoms with Gasteiger partial charge in [0.1, 0.15) is 0 Å². The topological polar surface area (TPSA) is 46.9 Å². The van der Waals surface area contributed by atoms with Crippen LogP contribution in [0.2, 0.25) is 10.0 Å². The van der Waals surface area contributed by atoms with E-state index in [0.717, 1.165) is 22.1 Å². The molecule has 0 saturated carbocycles. The molecule has 1 N–H and O–H groups in total. The highest BCUT2D eigenvalue weighted by Crippen LogP contribution is 2.30. The van der Waals surface area contributed by atoms with Crippen LogP contribution < -0.4 is 5.32 Å². The zero-order valence-electron chi connectivity index (χ0n) is 15.8. The molecule has 0 aliphatic heterocycles. The zero-order chi connectivity index (χ0) is 20.9. The second kappa shape index (κ2) is 9.39. The first-order valence-corrected chi connectivity index (χ1v) is 10.9. The molecule has 0 spiro atoms. The second-order valence-corrected chi connectivity index (χ2v) is 8.15. The Morgan fingerprint density at radius 2 is 1.63 bits per heavy atom. The summed E-state index contributed by atoms with van der Waals surface area (Å²) in [5.41, 5.74) is 3.34. The summed E-state index contributed by atoms with van der Waals surface area (Å²) in [5.74, 6) is -0.00553. The molecule has 0 fully saturated rings. The number of halogens is 2. The number of rotatable bonds is 6. The van der Waals surface area contributed by atoms with Crippen molar-refractivity contribution in [1.29, 1.82) is 0 Å². The van der Waals surface area contributed by atoms with Crippen LogP contribution in [-0.2, 0) is 4.79 Å². The van der Waals surface area contributed by atoms with Gasteiger partial charge in [-0.2, -0.15) is 0 Å². The molecule has 0 saturated heterocycles. The normalized spacial score (nSPS) is 10.7. The first kappa shape index (κ1) is 20.5. The van der Waals surface area contributed by atoms with Gasteiger partial charge in [0.05, 0.1) is 27.2 Å². The van der Waals surface area contributed by atoms with E-state index in [0.29, 0.717) is 15.7 Å². The number of anilines is 1. The molecule has 1 amide bonds. The van der Waals surface area contributed by atoms with Gasteiger partial charge in [-0.15, -0.1) is 0 Å². The lowest BCUT2D eigenvalue weighted by Gasteiger charge is -2.09. The van der Waals surface area contributed by atoms with Crippen molar-refractivity contribution in [1.82, 2.24) is 9.55 Å². The fourth-order valence-corrected chi connectivity index (χ4v) is 4.04. The Hall–Kier alpha value is -2.73. The smallest absolute Gasteiger partial charge is 0.234 e.